The monoisotopic (exact) mass is 524 g/mol. The van der Waals surface area contributed by atoms with Gasteiger partial charge in [-0.1, -0.05) is 53.4 Å². The molecule has 0 spiro atoms. The lowest BCUT2D eigenvalue weighted by Gasteiger charge is -2.18. The highest BCUT2D eigenvalue weighted by Crippen LogP contribution is 2.51. The molecule has 34 heavy (non-hydrogen) atoms. The van der Waals surface area contributed by atoms with Gasteiger partial charge in [0.1, 0.15) is 0 Å². The van der Waals surface area contributed by atoms with E-state index >= 15 is 0 Å². The van der Waals surface area contributed by atoms with Gasteiger partial charge in [-0.2, -0.15) is 0 Å². The van der Waals surface area contributed by atoms with Crippen molar-refractivity contribution in [3.63, 3.8) is 0 Å². The highest BCUT2D eigenvalue weighted by atomic mass is 31.2. The highest BCUT2D eigenvalue weighted by molar-refractivity contribution is 7.57. The normalized spacial score (nSPS) is 13.4. The van der Waals surface area contributed by atoms with Crippen molar-refractivity contribution in [2.75, 3.05) is 39.5 Å². The van der Waals surface area contributed by atoms with Crippen LogP contribution < -0.4 is 10.6 Å². The van der Waals surface area contributed by atoms with E-state index in [1.807, 2.05) is 13.8 Å². The van der Waals surface area contributed by atoms with Crippen molar-refractivity contribution in [3.8, 4) is 0 Å². The molecule has 8 nitrogen and oxygen atoms in total. The molecule has 0 aromatic heterocycles. The first kappa shape index (κ1) is 33.4. The second-order valence-electron chi connectivity index (χ2n) is 8.30. The topological polar surface area (TPSA) is 95.1 Å². The number of unbranched alkanes of at least 4 members (excludes halogenated alkanes) is 4. The predicted molar refractivity (Wildman–Crippen MR) is 142 cm³/mol. The zero-order valence-corrected chi connectivity index (χ0v) is 24.2. The van der Waals surface area contributed by atoms with E-state index in [0.717, 1.165) is 62.8 Å². The summed E-state index contributed by atoms with van der Waals surface area (Å²) in [6, 6.07) is 0. The summed E-state index contributed by atoms with van der Waals surface area (Å²) in [6.45, 7) is 14.7. The summed E-state index contributed by atoms with van der Waals surface area (Å²) in [5, 5.41) is 6.46. The molecule has 0 aliphatic carbocycles. The van der Waals surface area contributed by atoms with Crippen molar-refractivity contribution in [3.05, 3.63) is 23.0 Å². The van der Waals surface area contributed by atoms with Crippen molar-refractivity contribution in [1.82, 2.24) is 10.6 Å². The molecule has 0 aromatic rings. The number of hydrogen-bond acceptors (Lipinski definition) is 8. The predicted octanol–water partition coefficient (Wildman–Crippen LogP) is 7.54. The third-order valence-electron chi connectivity index (χ3n) is 4.71. The van der Waals surface area contributed by atoms with Crippen molar-refractivity contribution in [1.29, 1.82) is 0 Å². The van der Waals surface area contributed by atoms with E-state index in [4.69, 9.17) is 18.1 Å². The van der Waals surface area contributed by atoms with Gasteiger partial charge in [0.05, 0.1) is 26.4 Å². The molecule has 0 aliphatic rings. The van der Waals surface area contributed by atoms with Gasteiger partial charge in [-0.05, 0) is 39.5 Å². The summed E-state index contributed by atoms with van der Waals surface area (Å²) in [7, 11) is -6.57. The van der Waals surface area contributed by atoms with Crippen LogP contribution >= 0.6 is 15.2 Å². The fraction of sp³-hybridized carbons (Fsp3) is 0.833. The minimum atomic E-state index is -3.28. The Morgan fingerprint density at radius 1 is 0.588 bits per heavy atom. The second kappa shape index (κ2) is 20.6. The number of nitrogens with one attached hydrogen (secondary N) is 2. The molecule has 0 atom stereocenters. The summed E-state index contributed by atoms with van der Waals surface area (Å²) in [5.41, 5.74) is 1.47. The lowest BCUT2D eigenvalue weighted by molar-refractivity contribution is 0.206. The Hall–Kier alpha value is -0.620. The first-order valence-corrected chi connectivity index (χ1v) is 16.1. The standard InChI is InChI=1S/C24H50N2O6P2/c1-7-11-17-29-33(27,30-18-12-8-2)21-23(5)25-15-16-26-24(6)22-34(28,31-19-13-9-3)32-20-14-10-4/h21-22,25-26H,7-20H2,1-6H3. The molecule has 0 amide bonds. The van der Waals surface area contributed by atoms with E-state index in [0.29, 0.717) is 39.5 Å². The van der Waals surface area contributed by atoms with Crippen molar-refractivity contribution in [2.24, 2.45) is 0 Å². The van der Waals surface area contributed by atoms with Gasteiger partial charge in [-0.25, -0.2) is 0 Å². The van der Waals surface area contributed by atoms with Gasteiger partial charge < -0.3 is 28.7 Å². The van der Waals surface area contributed by atoms with E-state index in [1.54, 1.807) is 11.6 Å². The molecule has 0 heterocycles. The maximum absolute atomic E-state index is 13.0. The summed E-state index contributed by atoms with van der Waals surface area (Å²) in [4.78, 5) is 0. The zero-order valence-electron chi connectivity index (χ0n) is 22.4. The van der Waals surface area contributed by atoms with Crippen LogP contribution in [0.4, 0.5) is 0 Å². The Morgan fingerprint density at radius 3 is 1.09 bits per heavy atom. The Kier molecular flexibility index (Phi) is 20.2. The van der Waals surface area contributed by atoms with Gasteiger partial charge >= 0.3 is 15.2 Å². The van der Waals surface area contributed by atoms with Crippen molar-refractivity contribution in [2.45, 2.75) is 92.9 Å². The Morgan fingerprint density at radius 2 is 0.853 bits per heavy atom. The van der Waals surface area contributed by atoms with Crippen LogP contribution in [-0.4, -0.2) is 39.5 Å². The van der Waals surface area contributed by atoms with Crippen LogP contribution in [0, 0.1) is 0 Å². The maximum atomic E-state index is 13.0. The van der Waals surface area contributed by atoms with E-state index < -0.39 is 15.2 Å². The van der Waals surface area contributed by atoms with Crippen molar-refractivity contribution >= 4 is 15.2 Å². The van der Waals surface area contributed by atoms with E-state index in [1.165, 1.54) is 0 Å². The van der Waals surface area contributed by atoms with Gasteiger partial charge in [0.2, 0.25) is 0 Å². The number of allylic oxidation sites excluding steroid dienone is 2. The van der Waals surface area contributed by atoms with Gasteiger partial charge in [-0.15, -0.1) is 0 Å². The highest BCUT2D eigenvalue weighted by Gasteiger charge is 2.22. The average Bonchev–Trinajstić information content (AvgIpc) is 2.77. The van der Waals surface area contributed by atoms with E-state index in [2.05, 4.69) is 38.3 Å². The molecule has 0 aromatic carbocycles. The lowest BCUT2D eigenvalue weighted by atomic mass is 10.4. The molecule has 0 rings (SSSR count). The molecule has 0 unspecified atom stereocenters. The third-order valence-corrected chi connectivity index (χ3v) is 8.29. The second-order valence-corrected chi connectivity index (χ2v) is 12.0. The molecule has 0 bridgehead atoms. The fourth-order valence-corrected chi connectivity index (χ4v) is 5.77. The maximum Gasteiger partial charge on any atom is 0.355 e. The van der Waals surface area contributed by atoms with E-state index in [9.17, 15) is 9.13 Å². The van der Waals surface area contributed by atoms with Gasteiger partial charge in [0.25, 0.3) is 0 Å². The Bertz CT molecular complexity index is 586. The lowest BCUT2D eigenvalue weighted by Crippen LogP contribution is -2.25. The fourth-order valence-electron chi connectivity index (χ4n) is 2.65. The summed E-state index contributed by atoms with van der Waals surface area (Å²) in [5.74, 6) is 3.14. The summed E-state index contributed by atoms with van der Waals surface area (Å²) in [6.07, 6.45) is 7.22. The minimum absolute atomic E-state index is 0.413. The van der Waals surface area contributed by atoms with Crippen LogP contribution in [0.2, 0.25) is 0 Å². The van der Waals surface area contributed by atoms with Gasteiger partial charge in [-0.3, -0.25) is 9.13 Å². The van der Waals surface area contributed by atoms with Crippen LogP contribution in [-0.2, 0) is 27.2 Å². The minimum Gasteiger partial charge on any atom is -0.387 e. The quantitative estimate of drug-likeness (QED) is 0.105. The smallest absolute Gasteiger partial charge is 0.355 e. The van der Waals surface area contributed by atoms with Crippen LogP contribution in [0.1, 0.15) is 92.9 Å². The molecule has 0 saturated carbocycles. The first-order valence-electron chi connectivity index (χ1n) is 12.9. The average molecular weight is 525 g/mol. The van der Waals surface area contributed by atoms with Crippen molar-refractivity contribution < 1.29 is 27.2 Å². The first-order chi connectivity index (χ1) is 16.2. The van der Waals surface area contributed by atoms with E-state index in [-0.39, 0.29) is 0 Å². The van der Waals surface area contributed by atoms with Crippen LogP contribution in [0.15, 0.2) is 23.0 Å². The molecule has 10 heteroatoms. The van der Waals surface area contributed by atoms with Crippen LogP contribution in [0.3, 0.4) is 0 Å². The Balaban J connectivity index is 4.80. The molecule has 2 N–H and O–H groups in total. The molecule has 202 valence electrons. The third kappa shape index (κ3) is 17.8. The zero-order chi connectivity index (χ0) is 25.7. The van der Waals surface area contributed by atoms with Crippen LogP contribution in [0.25, 0.3) is 0 Å². The largest absolute Gasteiger partial charge is 0.387 e. The molecular weight excluding hydrogens is 474 g/mol. The molecule has 0 fully saturated rings. The summed E-state index contributed by atoms with van der Waals surface area (Å²) >= 11 is 0. The molecule has 0 aliphatic heterocycles. The molecule has 0 saturated heterocycles. The van der Waals surface area contributed by atoms with Gasteiger partial charge in [0, 0.05) is 36.1 Å². The molecular formula is C24H50N2O6P2. The van der Waals surface area contributed by atoms with Gasteiger partial charge in [0.15, 0.2) is 0 Å². The molecule has 0 radical (unpaired) electrons. The van der Waals surface area contributed by atoms with Crippen LogP contribution in [0.5, 0.6) is 0 Å². The Labute approximate surface area is 208 Å². The number of hydrogen-bond donors (Lipinski definition) is 2. The number of rotatable bonds is 23. The summed E-state index contributed by atoms with van der Waals surface area (Å²) < 4.78 is 48.5. The SMILES string of the molecule is CCCCOP(=O)(C=C(C)NCCNC(C)=CP(=O)(OCCCC)OCCCC)OCCCC.